The van der Waals surface area contributed by atoms with Crippen LogP contribution in [0.1, 0.15) is 45.6 Å². The second-order valence-corrected chi connectivity index (χ2v) is 7.92. The van der Waals surface area contributed by atoms with Crippen molar-refractivity contribution >= 4 is 23.5 Å². The van der Waals surface area contributed by atoms with Crippen molar-refractivity contribution in [3.8, 4) is 0 Å². The van der Waals surface area contributed by atoms with Gasteiger partial charge in [-0.1, -0.05) is 32.9 Å². The second-order valence-electron chi connectivity index (χ2n) is 7.92. The lowest BCUT2D eigenvalue weighted by Crippen LogP contribution is -2.47. The van der Waals surface area contributed by atoms with E-state index in [2.05, 4.69) is 5.32 Å². The molecule has 0 aromatic heterocycles. The second kappa shape index (κ2) is 8.34. The van der Waals surface area contributed by atoms with Crippen LogP contribution in [0.25, 0.3) is 0 Å². The van der Waals surface area contributed by atoms with Crippen molar-refractivity contribution in [2.75, 3.05) is 18.4 Å². The molecule has 1 heterocycles. The van der Waals surface area contributed by atoms with Crippen LogP contribution in [0, 0.1) is 11.3 Å². The number of hydrogen-bond acceptors (Lipinski definition) is 3. The minimum Gasteiger partial charge on any atom is -0.481 e. The number of hydrogen-bond donors (Lipinski definition) is 2. The maximum atomic E-state index is 12.6. The van der Waals surface area contributed by atoms with Gasteiger partial charge in [-0.2, -0.15) is 0 Å². The molecular formula is C20H28N2O4. The molecule has 1 aromatic carbocycles. The largest absolute Gasteiger partial charge is 0.481 e. The van der Waals surface area contributed by atoms with Gasteiger partial charge >= 0.3 is 5.97 Å². The molecule has 6 nitrogen and oxygen atoms in total. The number of nitrogens with zero attached hydrogens (tertiary/aromatic N) is 1. The van der Waals surface area contributed by atoms with E-state index in [0.29, 0.717) is 25.2 Å². The van der Waals surface area contributed by atoms with E-state index in [-0.39, 0.29) is 24.2 Å². The lowest BCUT2D eigenvalue weighted by molar-refractivity contribution is -0.142. The number of benzene rings is 1. The molecular weight excluding hydrogens is 332 g/mol. The predicted octanol–water partition coefficient (Wildman–Crippen LogP) is 2.93. The number of piperidine rings is 1. The number of carboxylic acids is 1. The standard InChI is InChI=1S/C20H28N2O4/c1-20(2,3)19(26)22-11-5-7-15(13-22)18(25)21-16-8-4-6-14(12-16)9-10-17(23)24/h4,6,8,12,15H,5,7,9-11,13H2,1-3H3,(H,21,25)(H,23,24). The van der Waals surface area contributed by atoms with E-state index in [1.54, 1.807) is 11.0 Å². The molecule has 0 saturated carbocycles. The summed E-state index contributed by atoms with van der Waals surface area (Å²) in [5.74, 6) is -1.08. The first-order chi connectivity index (χ1) is 12.2. The summed E-state index contributed by atoms with van der Waals surface area (Å²) < 4.78 is 0. The smallest absolute Gasteiger partial charge is 0.303 e. The maximum absolute atomic E-state index is 12.6. The minimum absolute atomic E-state index is 0.0594. The zero-order valence-corrected chi connectivity index (χ0v) is 15.7. The van der Waals surface area contributed by atoms with Crippen molar-refractivity contribution in [2.45, 2.75) is 46.5 Å². The fourth-order valence-corrected chi connectivity index (χ4v) is 3.15. The van der Waals surface area contributed by atoms with Crippen LogP contribution in [0.5, 0.6) is 0 Å². The summed E-state index contributed by atoms with van der Waals surface area (Å²) in [5, 5.41) is 11.7. The highest BCUT2D eigenvalue weighted by Crippen LogP contribution is 2.24. The first kappa shape index (κ1) is 19.9. The van der Waals surface area contributed by atoms with Crippen LogP contribution >= 0.6 is 0 Å². The molecule has 26 heavy (non-hydrogen) atoms. The molecule has 0 spiro atoms. The molecule has 6 heteroatoms. The third kappa shape index (κ3) is 5.58. The number of carbonyl (C=O) groups excluding carboxylic acids is 2. The van der Waals surface area contributed by atoms with E-state index in [1.165, 1.54) is 0 Å². The highest BCUT2D eigenvalue weighted by molar-refractivity contribution is 5.93. The highest BCUT2D eigenvalue weighted by Gasteiger charge is 2.33. The first-order valence-electron chi connectivity index (χ1n) is 9.08. The molecule has 1 aliphatic heterocycles. The number of aliphatic carboxylic acids is 1. The Balaban J connectivity index is 1.98. The monoisotopic (exact) mass is 360 g/mol. The Morgan fingerprint density at radius 3 is 2.65 bits per heavy atom. The average Bonchev–Trinajstić information content (AvgIpc) is 2.59. The number of anilines is 1. The van der Waals surface area contributed by atoms with Crippen molar-refractivity contribution in [1.29, 1.82) is 0 Å². The van der Waals surface area contributed by atoms with E-state index in [1.807, 2.05) is 39.0 Å². The van der Waals surface area contributed by atoms with Crippen molar-refractivity contribution in [3.05, 3.63) is 29.8 Å². The van der Waals surface area contributed by atoms with E-state index in [4.69, 9.17) is 5.11 Å². The maximum Gasteiger partial charge on any atom is 0.303 e. The van der Waals surface area contributed by atoms with Crippen LogP contribution in [0.3, 0.4) is 0 Å². The van der Waals surface area contributed by atoms with Gasteiger partial charge in [0.15, 0.2) is 0 Å². The van der Waals surface area contributed by atoms with Gasteiger partial charge in [-0.3, -0.25) is 14.4 Å². The van der Waals surface area contributed by atoms with Gasteiger partial charge in [0.2, 0.25) is 11.8 Å². The molecule has 1 atom stereocenters. The van der Waals surface area contributed by atoms with Crippen LogP contribution in [-0.4, -0.2) is 40.9 Å². The Morgan fingerprint density at radius 1 is 1.27 bits per heavy atom. The van der Waals surface area contributed by atoms with Crippen molar-refractivity contribution < 1.29 is 19.5 Å². The third-order valence-electron chi connectivity index (χ3n) is 4.54. The van der Waals surface area contributed by atoms with E-state index in [9.17, 15) is 14.4 Å². The summed E-state index contributed by atoms with van der Waals surface area (Å²) in [5.41, 5.74) is 1.09. The molecule has 2 N–H and O–H groups in total. The number of nitrogens with one attached hydrogen (secondary N) is 1. The Labute approximate surface area is 154 Å². The van der Waals surface area contributed by atoms with Gasteiger partial charge in [0.1, 0.15) is 0 Å². The summed E-state index contributed by atoms with van der Waals surface area (Å²) in [4.78, 5) is 37.6. The summed E-state index contributed by atoms with van der Waals surface area (Å²) in [6, 6.07) is 7.26. The molecule has 1 aliphatic rings. The zero-order valence-electron chi connectivity index (χ0n) is 15.7. The fraction of sp³-hybridized carbons (Fsp3) is 0.550. The number of carboxylic acid groups (broad SMARTS) is 1. The van der Waals surface area contributed by atoms with Crippen LogP contribution in [0.2, 0.25) is 0 Å². The van der Waals surface area contributed by atoms with Gasteiger partial charge in [0.25, 0.3) is 0 Å². The first-order valence-corrected chi connectivity index (χ1v) is 9.08. The molecule has 2 rings (SSSR count). The van der Waals surface area contributed by atoms with Crippen LogP contribution in [-0.2, 0) is 20.8 Å². The Kier molecular flexibility index (Phi) is 6.40. The van der Waals surface area contributed by atoms with E-state index >= 15 is 0 Å². The van der Waals surface area contributed by atoms with Gasteiger partial charge < -0.3 is 15.3 Å². The number of carbonyl (C=O) groups is 3. The topological polar surface area (TPSA) is 86.7 Å². The Morgan fingerprint density at radius 2 is 2.00 bits per heavy atom. The normalized spacial score (nSPS) is 17.7. The van der Waals surface area contributed by atoms with E-state index in [0.717, 1.165) is 18.4 Å². The third-order valence-corrected chi connectivity index (χ3v) is 4.54. The van der Waals surface area contributed by atoms with Crippen LogP contribution < -0.4 is 5.32 Å². The summed E-state index contributed by atoms with van der Waals surface area (Å²) >= 11 is 0. The molecule has 1 saturated heterocycles. The Hall–Kier alpha value is -2.37. The van der Waals surface area contributed by atoms with Crippen molar-refractivity contribution in [1.82, 2.24) is 4.90 Å². The van der Waals surface area contributed by atoms with Gasteiger partial charge in [0.05, 0.1) is 5.92 Å². The number of rotatable bonds is 5. The minimum atomic E-state index is -0.842. The molecule has 142 valence electrons. The molecule has 0 aliphatic carbocycles. The average molecular weight is 360 g/mol. The predicted molar refractivity (Wildman–Crippen MR) is 99.8 cm³/mol. The van der Waals surface area contributed by atoms with Crippen molar-refractivity contribution in [2.24, 2.45) is 11.3 Å². The fourth-order valence-electron chi connectivity index (χ4n) is 3.15. The van der Waals surface area contributed by atoms with E-state index < -0.39 is 11.4 Å². The Bertz CT molecular complexity index is 679. The molecule has 0 radical (unpaired) electrons. The highest BCUT2D eigenvalue weighted by atomic mass is 16.4. The van der Waals surface area contributed by atoms with Crippen molar-refractivity contribution in [3.63, 3.8) is 0 Å². The van der Waals surface area contributed by atoms with Gasteiger partial charge in [0, 0.05) is 30.6 Å². The zero-order chi connectivity index (χ0) is 19.3. The number of likely N-dealkylation sites (tertiary alicyclic amines) is 1. The molecule has 1 fully saturated rings. The molecule has 1 aromatic rings. The van der Waals surface area contributed by atoms with Crippen LogP contribution in [0.4, 0.5) is 5.69 Å². The van der Waals surface area contributed by atoms with Gasteiger partial charge in [-0.25, -0.2) is 0 Å². The summed E-state index contributed by atoms with van der Waals surface area (Å²) in [6.07, 6.45) is 2.07. The van der Waals surface area contributed by atoms with Gasteiger partial charge in [-0.05, 0) is 37.0 Å². The van der Waals surface area contributed by atoms with Crippen LogP contribution in [0.15, 0.2) is 24.3 Å². The molecule has 0 bridgehead atoms. The quantitative estimate of drug-likeness (QED) is 0.845. The molecule has 2 amide bonds. The lowest BCUT2D eigenvalue weighted by atomic mass is 9.91. The summed E-state index contributed by atoms with van der Waals surface area (Å²) in [6.45, 7) is 6.82. The SMILES string of the molecule is CC(C)(C)C(=O)N1CCCC(C(=O)Nc2cccc(CCC(=O)O)c2)C1. The summed E-state index contributed by atoms with van der Waals surface area (Å²) in [7, 11) is 0. The lowest BCUT2D eigenvalue weighted by Gasteiger charge is -2.35. The number of amides is 2. The van der Waals surface area contributed by atoms with Gasteiger partial charge in [-0.15, -0.1) is 0 Å². The number of aryl methyl sites for hydroxylation is 1. The molecule has 1 unspecified atom stereocenters.